The van der Waals surface area contributed by atoms with Crippen LogP contribution in [0.25, 0.3) is 0 Å². The van der Waals surface area contributed by atoms with Gasteiger partial charge in [0.1, 0.15) is 0 Å². The molecule has 0 saturated carbocycles. The van der Waals surface area contributed by atoms with Crippen LogP contribution in [0.1, 0.15) is 25.0 Å². The minimum atomic E-state index is -4.45. The molecule has 0 atom stereocenters. The van der Waals surface area contributed by atoms with E-state index in [0.29, 0.717) is 5.56 Å². The van der Waals surface area contributed by atoms with Gasteiger partial charge in [-0.3, -0.25) is 0 Å². The van der Waals surface area contributed by atoms with Crippen molar-refractivity contribution in [2.45, 2.75) is 32.2 Å². The molecule has 3 nitrogen and oxygen atoms in total. The molecule has 0 radical (unpaired) electrons. The summed E-state index contributed by atoms with van der Waals surface area (Å²) < 4.78 is 39.1. The molecule has 1 aromatic rings. The zero-order valence-electron chi connectivity index (χ0n) is 11.3. The highest BCUT2D eigenvalue weighted by Gasteiger charge is 2.35. The first-order chi connectivity index (χ1) is 8.54. The third-order valence-corrected chi connectivity index (χ3v) is 2.64. The Bertz CT molecular complexity index is 438. The molecular weight excluding hydrogens is 257 g/mol. The van der Waals surface area contributed by atoms with E-state index in [1.807, 2.05) is 0 Å². The lowest BCUT2D eigenvalue weighted by atomic mass is 10.0. The van der Waals surface area contributed by atoms with Gasteiger partial charge in [-0.2, -0.15) is 13.2 Å². The monoisotopic (exact) mass is 276 g/mol. The fourth-order valence-corrected chi connectivity index (χ4v) is 1.94. The van der Waals surface area contributed by atoms with Crippen LogP contribution in [0.2, 0.25) is 0 Å². The molecule has 0 aromatic heterocycles. The van der Waals surface area contributed by atoms with Gasteiger partial charge in [0.05, 0.1) is 11.2 Å². The van der Waals surface area contributed by atoms with E-state index in [4.69, 9.17) is 5.73 Å². The first-order valence-electron chi connectivity index (χ1n) is 5.88. The number of rotatable bonds is 4. The summed E-state index contributed by atoms with van der Waals surface area (Å²) in [5.74, 6) is 0. The molecule has 0 aliphatic carbocycles. The fraction of sp³-hybridized carbons (Fsp3) is 0.538. The Morgan fingerprint density at radius 3 is 2.26 bits per heavy atom. The van der Waals surface area contributed by atoms with E-state index in [1.54, 1.807) is 19.9 Å². The van der Waals surface area contributed by atoms with Crippen LogP contribution < -0.4 is 10.6 Å². The van der Waals surface area contributed by atoms with Gasteiger partial charge in [0.15, 0.2) is 0 Å². The van der Waals surface area contributed by atoms with Crippen molar-refractivity contribution in [3.63, 3.8) is 0 Å². The lowest BCUT2D eigenvalue weighted by Gasteiger charge is -2.29. The third-order valence-electron chi connectivity index (χ3n) is 2.64. The van der Waals surface area contributed by atoms with E-state index in [1.165, 1.54) is 18.0 Å². The topological polar surface area (TPSA) is 49.5 Å². The van der Waals surface area contributed by atoms with E-state index in [0.717, 1.165) is 6.07 Å². The molecule has 19 heavy (non-hydrogen) atoms. The maximum Gasteiger partial charge on any atom is 0.418 e. The summed E-state index contributed by atoms with van der Waals surface area (Å²) in [5.41, 5.74) is 4.01. The highest BCUT2D eigenvalue weighted by molar-refractivity contribution is 5.56. The molecule has 3 N–H and O–H groups in total. The number of alkyl halides is 3. The molecule has 0 fully saturated rings. The number of hydrogen-bond donors (Lipinski definition) is 2. The van der Waals surface area contributed by atoms with Gasteiger partial charge in [-0.25, -0.2) is 0 Å². The van der Waals surface area contributed by atoms with Gasteiger partial charge in [-0.05, 0) is 31.5 Å². The maximum absolute atomic E-state index is 13.0. The molecule has 6 heteroatoms. The largest absolute Gasteiger partial charge is 0.418 e. The summed E-state index contributed by atoms with van der Waals surface area (Å²) >= 11 is 0. The average Bonchev–Trinajstić information content (AvgIpc) is 2.24. The van der Waals surface area contributed by atoms with Gasteiger partial charge in [-0.15, -0.1) is 0 Å². The predicted octanol–water partition coefficient (Wildman–Crippen LogP) is 2.37. The Morgan fingerprint density at radius 2 is 1.84 bits per heavy atom. The standard InChI is InChI=1S/C13H19F3N2O/c1-12(2,19)8-18(3)11-5-4-9(7-17)6-10(11)13(14,15)16/h4-6,19H,7-8,17H2,1-3H3. The van der Waals surface area contributed by atoms with Gasteiger partial charge in [0.2, 0.25) is 0 Å². The second-order valence-electron chi connectivity index (χ2n) is 5.22. The SMILES string of the molecule is CN(CC(C)(C)O)c1ccc(CN)cc1C(F)(F)F. The third kappa shape index (κ3) is 4.40. The fourth-order valence-electron chi connectivity index (χ4n) is 1.94. The molecule has 1 aromatic carbocycles. The summed E-state index contributed by atoms with van der Waals surface area (Å²) in [6.45, 7) is 3.24. The van der Waals surface area contributed by atoms with Crippen LogP contribution in [-0.2, 0) is 12.7 Å². The molecule has 0 aliphatic rings. The quantitative estimate of drug-likeness (QED) is 0.887. The van der Waals surface area contributed by atoms with Gasteiger partial charge >= 0.3 is 6.18 Å². The van der Waals surface area contributed by atoms with Gasteiger partial charge in [0, 0.05) is 25.8 Å². The molecule has 0 bridgehead atoms. The number of halogens is 3. The van der Waals surface area contributed by atoms with Crippen molar-refractivity contribution in [3.8, 4) is 0 Å². The van der Waals surface area contributed by atoms with Crippen molar-refractivity contribution in [2.24, 2.45) is 5.73 Å². The first-order valence-corrected chi connectivity index (χ1v) is 5.88. The van der Waals surface area contributed by atoms with Crippen LogP contribution in [0.4, 0.5) is 18.9 Å². The minimum absolute atomic E-state index is 0.0341. The second-order valence-corrected chi connectivity index (χ2v) is 5.22. The number of likely N-dealkylation sites (N-methyl/N-ethyl adjacent to an activating group) is 1. The van der Waals surface area contributed by atoms with Crippen molar-refractivity contribution in [1.29, 1.82) is 0 Å². The average molecular weight is 276 g/mol. The molecule has 1 rings (SSSR count). The van der Waals surface area contributed by atoms with Crippen LogP contribution in [0.15, 0.2) is 18.2 Å². The summed E-state index contributed by atoms with van der Waals surface area (Å²) in [4.78, 5) is 1.39. The zero-order chi connectivity index (χ0) is 14.8. The summed E-state index contributed by atoms with van der Waals surface area (Å²) in [7, 11) is 1.52. The van der Waals surface area contributed by atoms with E-state index in [9.17, 15) is 18.3 Å². The smallest absolute Gasteiger partial charge is 0.389 e. The van der Waals surface area contributed by atoms with E-state index < -0.39 is 17.3 Å². The number of aliphatic hydroxyl groups is 1. The van der Waals surface area contributed by atoms with Crippen molar-refractivity contribution in [3.05, 3.63) is 29.3 Å². The van der Waals surface area contributed by atoms with Crippen LogP contribution in [0.3, 0.4) is 0 Å². The molecule has 0 saturated heterocycles. The van der Waals surface area contributed by atoms with Gasteiger partial charge < -0.3 is 15.7 Å². The van der Waals surface area contributed by atoms with Gasteiger partial charge in [0.25, 0.3) is 0 Å². The van der Waals surface area contributed by atoms with Crippen molar-refractivity contribution >= 4 is 5.69 Å². The normalized spacial score (nSPS) is 12.6. The molecule has 0 aliphatic heterocycles. The number of hydrogen-bond acceptors (Lipinski definition) is 3. The van der Waals surface area contributed by atoms with E-state index in [-0.39, 0.29) is 18.8 Å². The first kappa shape index (κ1) is 15.8. The summed E-state index contributed by atoms with van der Waals surface area (Å²) in [6.07, 6.45) is -4.45. The lowest BCUT2D eigenvalue weighted by Crippen LogP contribution is -2.37. The number of nitrogens with zero attached hydrogens (tertiary/aromatic N) is 1. The Balaban J connectivity index is 3.20. The van der Waals surface area contributed by atoms with Crippen molar-refractivity contribution in [1.82, 2.24) is 0 Å². The van der Waals surface area contributed by atoms with Crippen LogP contribution in [0, 0.1) is 0 Å². The van der Waals surface area contributed by atoms with Crippen LogP contribution >= 0.6 is 0 Å². The van der Waals surface area contributed by atoms with Gasteiger partial charge in [-0.1, -0.05) is 6.07 Å². The number of anilines is 1. The van der Waals surface area contributed by atoms with Crippen LogP contribution in [-0.4, -0.2) is 24.3 Å². The summed E-state index contributed by atoms with van der Waals surface area (Å²) in [5, 5.41) is 9.70. The molecule has 0 heterocycles. The highest BCUT2D eigenvalue weighted by Crippen LogP contribution is 2.37. The molecule has 0 spiro atoms. The lowest BCUT2D eigenvalue weighted by molar-refractivity contribution is -0.137. The van der Waals surface area contributed by atoms with E-state index >= 15 is 0 Å². The maximum atomic E-state index is 13.0. The second kappa shape index (κ2) is 5.38. The summed E-state index contributed by atoms with van der Waals surface area (Å²) in [6, 6.07) is 4.00. The Kier molecular flexibility index (Phi) is 4.47. The molecule has 0 amide bonds. The minimum Gasteiger partial charge on any atom is -0.389 e. The number of benzene rings is 1. The Morgan fingerprint density at radius 1 is 1.26 bits per heavy atom. The van der Waals surface area contributed by atoms with Crippen molar-refractivity contribution < 1.29 is 18.3 Å². The zero-order valence-corrected chi connectivity index (χ0v) is 11.3. The Hall–Kier alpha value is -1.27. The van der Waals surface area contributed by atoms with Crippen LogP contribution in [0.5, 0.6) is 0 Å². The molecule has 108 valence electrons. The Labute approximate surface area is 110 Å². The highest BCUT2D eigenvalue weighted by atomic mass is 19.4. The molecule has 0 unspecified atom stereocenters. The molecular formula is C13H19F3N2O. The predicted molar refractivity (Wildman–Crippen MR) is 68.9 cm³/mol. The van der Waals surface area contributed by atoms with E-state index in [2.05, 4.69) is 0 Å². The van der Waals surface area contributed by atoms with Crippen molar-refractivity contribution in [2.75, 3.05) is 18.5 Å². The number of nitrogens with two attached hydrogens (primary N) is 1.